The summed E-state index contributed by atoms with van der Waals surface area (Å²) < 4.78 is 12.2. The SMILES string of the molecule is CCOC1(C(N)c2cc3ccccc3o2)CCCC(C)C1. The van der Waals surface area contributed by atoms with Crippen molar-refractivity contribution in [3.8, 4) is 0 Å². The Morgan fingerprint density at radius 2 is 2.24 bits per heavy atom. The average Bonchev–Trinajstić information content (AvgIpc) is 2.90. The molecule has 3 atom stereocenters. The molecule has 1 fully saturated rings. The average molecular weight is 287 g/mol. The molecule has 1 aromatic carbocycles. The molecule has 3 heteroatoms. The van der Waals surface area contributed by atoms with Crippen LogP contribution in [0.5, 0.6) is 0 Å². The minimum atomic E-state index is -0.277. The molecule has 2 N–H and O–H groups in total. The summed E-state index contributed by atoms with van der Waals surface area (Å²) in [6.45, 7) is 5.03. The molecule has 21 heavy (non-hydrogen) atoms. The summed E-state index contributed by atoms with van der Waals surface area (Å²) >= 11 is 0. The number of benzene rings is 1. The predicted molar refractivity (Wildman–Crippen MR) is 85.1 cm³/mol. The number of hydrogen-bond donors (Lipinski definition) is 1. The van der Waals surface area contributed by atoms with Crippen molar-refractivity contribution >= 4 is 11.0 Å². The number of hydrogen-bond acceptors (Lipinski definition) is 3. The van der Waals surface area contributed by atoms with E-state index in [9.17, 15) is 0 Å². The second-order valence-corrected chi connectivity index (χ2v) is 6.36. The van der Waals surface area contributed by atoms with Gasteiger partial charge < -0.3 is 14.9 Å². The van der Waals surface area contributed by atoms with Gasteiger partial charge >= 0.3 is 0 Å². The normalized spacial score (nSPS) is 27.9. The minimum absolute atomic E-state index is 0.201. The first-order valence-corrected chi connectivity index (χ1v) is 8.02. The van der Waals surface area contributed by atoms with Gasteiger partial charge in [-0.1, -0.05) is 38.0 Å². The largest absolute Gasteiger partial charge is 0.459 e. The second-order valence-electron chi connectivity index (χ2n) is 6.36. The van der Waals surface area contributed by atoms with Gasteiger partial charge in [0, 0.05) is 12.0 Å². The number of para-hydroxylation sites is 1. The van der Waals surface area contributed by atoms with Crippen molar-refractivity contribution in [2.24, 2.45) is 11.7 Å². The van der Waals surface area contributed by atoms with Crippen LogP contribution >= 0.6 is 0 Å². The van der Waals surface area contributed by atoms with E-state index in [0.717, 1.165) is 29.6 Å². The first-order chi connectivity index (χ1) is 10.1. The second kappa shape index (κ2) is 5.82. The Balaban J connectivity index is 1.94. The van der Waals surface area contributed by atoms with E-state index in [4.69, 9.17) is 14.9 Å². The first-order valence-electron chi connectivity index (χ1n) is 8.02. The third kappa shape index (κ3) is 2.72. The highest BCUT2D eigenvalue weighted by molar-refractivity contribution is 5.77. The van der Waals surface area contributed by atoms with Crippen LogP contribution in [0.3, 0.4) is 0 Å². The Morgan fingerprint density at radius 1 is 1.43 bits per heavy atom. The van der Waals surface area contributed by atoms with Crippen LogP contribution in [-0.4, -0.2) is 12.2 Å². The van der Waals surface area contributed by atoms with Crippen molar-refractivity contribution in [3.63, 3.8) is 0 Å². The van der Waals surface area contributed by atoms with Crippen molar-refractivity contribution in [1.82, 2.24) is 0 Å². The Labute approximate surface area is 126 Å². The van der Waals surface area contributed by atoms with E-state index in [1.165, 1.54) is 12.8 Å². The van der Waals surface area contributed by atoms with Gasteiger partial charge in [0.25, 0.3) is 0 Å². The fraction of sp³-hybridized carbons (Fsp3) is 0.556. The zero-order valence-corrected chi connectivity index (χ0v) is 13.0. The molecule has 0 aliphatic heterocycles. The van der Waals surface area contributed by atoms with Crippen LogP contribution in [0.2, 0.25) is 0 Å². The zero-order valence-electron chi connectivity index (χ0n) is 13.0. The summed E-state index contributed by atoms with van der Waals surface area (Å²) in [5.74, 6) is 1.50. The molecule has 1 saturated carbocycles. The van der Waals surface area contributed by atoms with E-state index < -0.39 is 0 Å². The molecule has 1 aliphatic carbocycles. The summed E-state index contributed by atoms with van der Waals surface area (Å²) in [6.07, 6.45) is 4.47. The lowest BCUT2D eigenvalue weighted by molar-refractivity contribution is -0.0970. The van der Waals surface area contributed by atoms with Gasteiger partial charge in [0.1, 0.15) is 11.3 Å². The summed E-state index contributed by atoms with van der Waals surface area (Å²) in [5, 5.41) is 1.11. The quantitative estimate of drug-likeness (QED) is 0.905. The third-order valence-electron chi connectivity index (χ3n) is 4.74. The lowest BCUT2D eigenvalue weighted by Gasteiger charge is -2.43. The molecular weight excluding hydrogens is 262 g/mol. The molecule has 1 aliphatic rings. The van der Waals surface area contributed by atoms with Crippen LogP contribution < -0.4 is 5.73 Å². The highest BCUT2D eigenvalue weighted by Crippen LogP contribution is 2.43. The molecule has 0 spiro atoms. The topological polar surface area (TPSA) is 48.4 Å². The van der Waals surface area contributed by atoms with Crippen molar-refractivity contribution < 1.29 is 9.15 Å². The van der Waals surface area contributed by atoms with Crippen molar-refractivity contribution in [2.75, 3.05) is 6.61 Å². The number of fused-ring (bicyclic) bond motifs is 1. The molecule has 0 radical (unpaired) electrons. The van der Waals surface area contributed by atoms with Gasteiger partial charge in [0.15, 0.2) is 0 Å². The fourth-order valence-corrected chi connectivity index (χ4v) is 3.75. The maximum atomic E-state index is 6.60. The van der Waals surface area contributed by atoms with Crippen LogP contribution in [-0.2, 0) is 4.74 Å². The van der Waals surface area contributed by atoms with Gasteiger partial charge in [-0.2, -0.15) is 0 Å². The van der Waals surface area contributed by atoms with E-state index in [0.29, 0.717) is 12.5 Å². The minimum Gasteiger partial charge on any atom is -0.459 e. The Kier molecular flexibility index (Phi) is 4.05. The Morgan fingerprint density at radius 3 is 2.95 bits per heavy atom. The monoisotopic (exact) mass is 287 g/mol. The molecule has 0 amide bonds. The van der Waals surface area contributed by atoms with E-state index in [2.05, 4.69) is 19.1 Å². The van der Waals surface area contributed by atoms with E-state index >= 15 is 0 Å². The summed E-state index contributed by atoms with van der Waals surface area (Å²) in [6, 6.07) is 9.93. The fourth-order valence-electron chi connectivity index (χ4n) is 3.75. The van der Waals surface area contributed by atoms with Crippen LogP contribution in [0.1, 0.15) is 51.3 Å². The van der Waals surface area contributed by atoms with Gasteiger partial charge in [-0.25, -0.2) is 0 Å². The summed E-state index contributed by atoms with van der Waals surface area (Å²) in [5.41, 5.74) is 7.22. The van der Waals surface area contributed by atoms with Gasteiger partial charge in [-0.05, 0) is 37.8 Å². The Hall–Kier alpha value is -1.32. The molecule has 3 rings (SSSR count). The number of rotatable bonds is 4. The molecule has 3 nitrogen and oxygen atoms in total. The lowest BCUT2D eigenvalue weighted by atomic mass is 9.74. The van der Waals surface area contributed by atoms with Crippen molar-refractivity contribution in [3.05, 3.63) is 36.1 Å². The molecule has 1 heterocycles. The van der Waals surface area contributed by atoms with Gasteiger partial charge in [-0.3, -0.25) is 0 Å². The Bertz CT molecular complexity index is 569. The standard InChI is InChI=1S/C18H25NO2/c1-3-20-18(10-6-7-13(2)12-18)17(19)16-11-14-8-4-5-9-15(14)21-16/h4-5,8-9,11,13,17H,3,6-7,10,12,19H2,1-2H3. The van der Waals surface area contributed by atoms with Gasteiger partial charge in [0.05, 0.1) is 11.6 Å². The maximum Gasteiger partial charge on any atom is 0.134 e. The van der Waals surface area contributed by atoms with E-state index in [1.54, 1.807) is 0 Å². The van der Waals surface area contributed by atoms with Crippen LogP contribution in [0, 0.1) is 5.92 Å². The van der Waals surface area contributed by atoms with Crippen LogP contribution in [0.25, 0.3) is 11.0 Å². The number of nitrogens with two attached hydrogens (primary N) is 1. The highest BCUT2D eigenvalue weighted by Gasteiger charge is 2.43. The molecule has 1 aromatic heterocycles. The first kappa shape index (κ1) is 14.6. The number of furan rings is 1. The lowest BCUT2D eigenvalue weighted by Crippen LogP contribution is -2.47. The smallest absolute Gasteiger partial charge is 0.134 e. The van der Waals surface area contributed by atoms with Crippen molar-refractivity contribution in [1.29, 1.82) is 0 Å². The highest BCUT2D eigenvalue weighted by atomic mass is 16.5. The van der Waals surface area contributed by atoms with Gasteiger partial charge in [0.2, 0.25) is 0 Å². The molecule has 2 aromatic rings. The third-order valence-corrected chi connectivity index (χ3v) is 4.74. The maximum absolute atomic E-state index is 6.60. The van der Waals surface area contributed by atoms with Crippen LogP contribution in [0.15, 0.2) is 34.7 Å². The number of ether oxygens (including phenoxy) is 1. The molecule has 0 bridgehead atoms. The molecule has 0 saturated heterocycles. The van der Waals surface area contributed by atoms with E-state index in [-0.39, 0.29) is 11.6 Å². The van der Waals surface area contributed by atoms with Crippen molar-refractivity contribution in [2.45, 2.75) is 51.2 Å². The molecular formula is C18H25NO2. The molecule has 114 valence electrons. The molecule has 3 unspecified atom stereocenters. The summed E-state index contributed by atoms with van der Waals surface area (Å²) in [7, 11) is 0. The van der Waals surface area contributed by atoms with Crippen LogP contribution in [0.4, 0.5) is 0 Å². The predicted octanol–water partition coefficient (Wildman–Crippen LogP) is 4.42. The summed E-state index contributed by atoms with van der Waals surface area (Å²) in [4.78, 5) is 0. The zero-order chi connectivity index (χ0) is 14.9. The van der Waals surface area contributed by atoms with E-state index in [1.807, 2.05) is 25.1 Å². The van der Waals surface area contributed by atoms with Gasteiger partial charge in [-0.15, -0.1) is 0 Å².